The zero-order valence-corrected chi connectivity index (χ0v) is 15.0. The van der Waals surface area contributed by atoms with E-state index in [0.29, 0.717) is 22.9 Å². The number of fused-ring (bicyclic) bond motifs is 1. The second-order valence-corrected chi connectivity index (χ2v) is 6.25. The van der Waals surface area contributed by atoms with Crippen molar-refractivity contribution in [3.63, 3.8) is 0 Å². The Balaban J connectivity index is 2.18. The van der Waals surface area contributed by atoms with Crippen molar-refractivity contribution in [3.05, 3.63) is 72.3 Å². The van der Waals surface area contributed by atoms with Gasteiger partial charge >= 0.3 is 0 Å². The van der Waals surface area contributed by atoms with Crippen LogP contribution in [0.1, 0.15) is 5.82 Å². The van der Waals surface area contributed by atoms with Crippen molar-refractivity contribution in [2.75, 3.05) is 12.8 Å². The van der Waals surface area contributed by atoms with Crippen molar-refractivity contribution in [3.8, 4) is 28.0 Å². The Bertz CT molecular complexity index is 1130. The average molecular weight is 359 g/mol. The van der Waals surface area contributed by atoms with Gasteiger partial charge in [0, 0.05) is 5.56 Å². The molecule has 0 fully saturated rings. The second-order valence-electron chi connectivity index (χ2n) is 6.25. The summed E-state index contributed by atoms with van der Waals surface area (Å²) >= 11 is 0. The van der Waals surface area contributed by atoms with E-state index in [1.165, 1.54) is 12.1 Å². The minimum atomic E-state index is -0.286. The third-order valence-corrected chi connectivity index (χ3v) is 4.51. The number of hydrogen-bond acceptors (Lipinski definition) is 4. The molecule has 0 aliphatic rings. The standard InChI is InChI=1S/C22H18FN3O/c1-13-25-21-18(27-2)12-17(14-8-10-16(23)11-9-14)19(20(21)22(24)26-13)15-6-4-3-5-7-15/h3-12H,1-2H3,(H2,24,25,26). The minimum Gasteiger partial charge on any atom is -0.494 e. The lowest BCUT2D eigenvalue weighted by Gasteiger charge is -2.17. The Morgan fingerprint density at radius 2 is 1.63 bits per heavy atom. The number of nitrogens with two attached hydrogens (primary N) is 1. The molecular weight excluding hydrogens is 341 g/mol. The molecule has 3 aromatic carbocycles. The van der Waals surface area contributed by atoms with Gasteiger partial charge in [-0.15, -0.1) is 0 Å². The summed E-state index contributed by atoms with van der Waals surface area (Å²) in [5.74, 6) is 1.28. The van der Waals surface area contributed by atoms with Crippen molar-refractivity contribution < 1.29 is 9.13 Å². The van der Waals surface area contributed by atoms with Crippen LogP contribution in [0.2, 0.25) is 0 Å². The van der Waals surface area contributed by atoms with E-state index in [-0.39, 0.29) is 5.82 Å². The van der Waals surface area contributed by atoms with Gasteiger partial charge in [-0.1, -0.05) is 42.5 Å². The third kappa shape index (κ3) is 2.97. The lowest BCUT2D eigenvalue weighted by molar-refractivity contribution is 0.419. The number of methoxy groups -OCH3 is 1. The van der Waals surface area contributed by atoms with E-state index in [0.717, 1.165) is 27.6 Å². The SMILES string of the molecule is COc1cc(-c2ccc(F)cc2)c(-c2ccccc2)c2c(N)nc(C)nc12. The summed E-state index contributed by atoms with van der Waals surface area (Å²) in [5.41, 5.74) is 10.6. The summed E-state index contributed by atoms with van der Waals surface area (Å²) in [5, 5.41) is 0.727. The number of ether oxygens (including phenoxy) is 1. The van der Waals surface area contributed by atoms with Crippen LogP contribution in [0.25, 0.3) is 33.2 Å². The molecule has 27 heavy (non-hydrogen) atoms. The highest BCUT2D eigenvalue weighted by atomic mass is 19.1. The lowest BCUT2D eigenvalue weighted by atomic mass is 9.90. The maximum Gasteiger partial charge on any atom is 0.145 e. The van der Waals surface area contributed by atoms with Crippen LogP contribution in [-0.4, -0.2) is 17.1 Å². The number of rotatable bonds is 3. The Labute approximate surface area is 156 Å². The maximum atomic E-state index is 13.5. The van der Waals surface area contributed by atoms with Crippen LogP contribution in [-0.2, 0) is 0 Å². The molecule has 0 bridgehead atoms. The van der Waals surface area contributed by atoms with Crippen LogP contribution < -0.4 is 10.5 Å². The minimum absolute atomic E-state index is 0.286. The van der Waals surface area contributed by atoms with E-state index >= 15 is 0 Å². The van der Waals surface area contributed by atoms with Crippen LogP contribution in [0.5, 0.6) is 5.75 Å². The normalized spacial score (nSPS) is 10.9. The van der Waals surface area contributed by atoms with E-state index in [1.54, 1.807) is 26.2 Å². The Morgan fingerprint density at radius 3 is 2.30 bits per heavy atom. The predicted octanol–water partition coefficient (Wildman–Crippen LogP) is 5.00. The van der Waals surface area contributed by atoms with Gasteiger partial charge in [-0.3, -0.25) is 0 Å². The zero-order chi connectivity index (χ0) is 19.0. The Kier molecular flexibility index (Phi) is 4.20. The molecule has 0 spiro atoms. The summed E-state index contributed by atoms with van der Waals surface area (Å²) in [7, 11) is 1.60. The van der Waals surface area contributed by atoms with Crippen LogP contribution in [0.4, 0.5) is 10.2 Å². The summed E-state index contributed by atoms with van der Waals surface area (Å²) in [6.07, 6.45) is 0. The zero-order valence-electron chi connectivity index (χ0n) is 15.0. The number of aromatic nitrogens is 2. The number of benzene rings is 3. The van der Waals surface area contributed by atoms with E-state index < -0.39 is 0 Å². The molecule has 4 nitrogen and oxygen atoms in total. The number of nitrogens with zero attached hydrogens (tertiary/aromatic N) is 2. The van der Waals surface area contributed by atoms with Crippen molar-refractivity contribution in [2.24, 2.45) is 0 Å². The first-order chi connectivity index (χ1) is 13.1. The van der Waals surface area contributed by atoms with Crippen molar-refractivity contribution in [1.29, 1.82) is 0 Å². The smallest absolute Gasteiger partial charge is 0.145 e. The first kappa shape index (κ1) is 17.0. The number of hydrogen-bond donors (Lipinski definition) is 1. The summed E-state index contributed by atoms with van der Waals surface area (Å²) in [4.78, 5) is 8.93. The van der Waals surface area contributed by atoms with Gasteiger partial charge in [0.1, 0.15) is 28.7 Å². The lowest BCUT2D eigenvalue weighted by Crippen LogP contribution is -2.02. The van der Waals surface area contributed by atoms with Gasteiger partial charge in [0.15, 0.2) is 0 Å². The molecule has 134 valence electrons. The summed E-state index contributed by atoms with van der Waals surface area (Å²) in [6, 6.07) is 18.2. The summed E-state index contributed by atoms with van der Waals surface area (Å²) < 4.78 is 19.1. The van der Waals surface area contributed by atoms with Gasteiger partial charge in [-0.25, -0.2) is 14.4 Å². The van der Waals surface area contributed by atoms with Crippen molar-refractivity contribution in [2.45, 2.75) is 6.92 Å². The number of aryl methyl sites for hydroxylation is 1. The molecule has 4 rings (SSSR count). The third-order valence-electron chi connectivity index (χ3n) is 4.51. The molecular formula is C22H18FN3O. The first-order valence-corrected chi connectivity index (χ1v) is 8.54. The molecule has 0 radical (unpaired) electrons. The van der Waals surface area contributed by atoms with E-state index in [2.05, 4.69) is 9.97 Å². The molecule has 2 N–H and O–H groups in total. The molecule has 1 aromatic heterocycles. The molecule has 0 amide bonds. The molecule has 0 saturated heterocycles. The highest BCUT2D eigenvalue weighted by Crippen LogP contribution is 2.43. The fourth-order valence-corrected chi connectivity index (χ4v) is 3.34. The molecule has 0 aliphatic carbocycles. The van der Waals surface area contributed by atoms with Gasteiger partial charge in [0.25, 0.3) is 0 Å². The number of nitrogen functional groups attached to an aromatic ring is 1. The monoisotopic (exact) mass is 359 g/mol. The molecule has 1 heterocycles. The van der Waals surface area contributed by atoms with Gasteiger partial charge in [0.2, 0.25) is 0 Å². The molecule has 0 saturated carbocycles. The molecule has 0 aliphatic heterocycles. The van der Waals surface area contributed by atoms with Crippen LogP contribution in [0.3, 0.4) is 0 Å². The Hall–Kier alpha value is -3.47. The highest BCUT2D eigenvalue weighted by Gasteiger charge is 2.20. The first-order valence-electron chi connectivity index (χ1n) is 8.54. The van der Waals surface area contributed by atoms with E-state index in [4.69, 9.17) is 10.5 Å². The Morgan fingerprint density at radius 1 is 0.926 bits per heavy atom. The average Bonchev–Trinajstić information content (AvgIpc) is 2.68. The van der Waals surface area contributed by atoms with Gasteiger partial charge < -0.3 is 10.5 Å². The maximum absolute atomic E-state index is 13.5. The number of anilines is 1. The highest BCUT2D eigenvalue weighted by molar-refractivity contribution is 6.09. The van der Waals surface area contributed by atoms with Gasteiger partial charge in [0.05, 0.1) is 12.5 Å². The van der Waals surface area contributed by atoms with Gasteiger partial charge in [-0.05, 0) is 41.8 Å². The molecule has 0 unspecified atom stereocenters. The van der Waals surface area contributed by atoms with E-state index in [1.807, 2.05) is 36.4 Å². The van der Waals surface area contributed by atoms with Crippen LogP contribution in [0, 0.1) is 12.7 Å². The summed E-state index contributed by atoms with van der Waals surface area (Å²) in [6.45, 7) is 1.80. The second kappa shape index (κ2) is 6.68. The fourth-order valence-electron chi connectivity index (χ4n) is 3.34. The van der Waals surface area contributed by atoms with Crippen molar-refractivity contribution >= 4 is 16.7 Å². The van der Waals surface area contributed by atoms with Crippen LogP contribution >= 0.6 is 0 Å². The molecule has 0 atom stereocenters. The topological polar surface area (TPSA) is 61.0 Å². The van der Waals surface area contributed by atoms with E-state index in [9.17, 15) is 4.39 Å². The predicted molar refractivity (Wildman–Crippen MR) is 106 cm³/mol. The van der Waals surface area contributed by atoms with Crippen LogP contribution in [0.15, 0.2) is 60.7 Å². The fraction of sp³-hybridized carbons (Fsp3) is 0.0909. The quantitative estimate of drug-likeness (QED) is 0.559. The molecule has 5 heteroatoms. The van der Waals surface area contributed by atoms with Gasteiger partial charge in [-0.2, -0.15) is 0 Å². The molecule has 4 aromatic rings. The van der Waals surface area contributed by atoms with Crippen molar-refractivity contribution in [1.82, 2.24) is 9.97 Å². The largest absolute Gasteiger partial charge is 0.494 e. The number of halogens is 1.